The van der Waals surface area contributed by atoms with Gasteiger partial charge in [0.2, 0.25) is 0 Å². The van der Waals surface area contributed by atoms with Crippen LogP contribution in [0.25, 0.3) is 87.2 Å². The van der Waals surface area contributed by atoms with E-state index in [2.05, 4.69) is 229 Å². The molecule has 1 nitrogen and oxygen atoms in total. The van der Waals surface area contributed by atoms with Crippen LogP contribution >= 0.6 is 0 Å². The van der Waals surface area contributed by atoms with Crippen molar-refractivity contribution in [3.8, 4) is 33.4 Å². The van der Waals surface area contributed by atoms with Gasteiger partial charge < -0.3 is 4.90 Å². The highest BCUT2D eigenvalue weighted by Crippen LogP contribution is 2.50. The standard InChI is InChI=1S/C56H37N/c1-3-18-42(19-4-1)57(43-20-5-2-6-21-43)44-36-34-41(35-37-44)54-52-28-14-13-27-51(52)53(55-49-25-11-9-23-47(49)48-24-10-12-26-50(48)56(54)55)40-32-30-39(31-33-40)46-29-15-17-38-16-7-8-22-45(38)46/h1-37H. The first-order valence-electron chi connectivity index (χ1n) is 19.7. The van der Waals surface area contributed by atoms with Gasteiger partial charge in [0.15, 0.2) is 0 Å². The van der Waals surface area contributed by atoms with Gasteiger partial charge in [-0.25, -0.2) is 0 Å². The highest BCUT2D eigenvalue weighted by Gasteiger charge is 2.22. The molecule has 0 amide bonds. The molecule has 0 N–H and O–H groups in total. The largest absolute Gasteiger partial charge is 0.311 e. The molecule has 0 aliphatic carbocycles. The zero-order valence-electron chi connectivity index (χ0n) is 31.3. The van der Waals surface area contributed by atoms with Crippen molar-refractivity contribution in [1.29, 1.82) is 0 Å². The maximum absolute atomic E-state index is 2.33. The molecular formula is C56H37N. The van der Waals surface area contributed by atoms with E-state index in [4.69, 9.17) is 0 Å². The normalized spacial score (nSPS) is 11.5. The number of anilines is 3. The Morgan fingerprint density at radius 3 is 1.12 bits per heavy atom. The fraction of sp³-hybridized carbons (Fsp3) is 0. The minimum absolute atomic E-state index is 1.11. The summed E-state index contributed by atoms with van der Waals surface area (Å²) < 4.78 is 0. The summed E-state index contributed by atoms with van der Waals surface area (Å²) in [5, 5.41) is 12.7. The first kappa shape index (κ1) is 32.9. The summed E-state index contributed by atoms with van der Waals surface area (Å²) in [6.07, 6.45) is 0. The predicted molar refractivity (Wildman–Crippen MR) is 245 cm³/mol. The van der Waals surface area contributed by atoms with E-state index in [-0.39, 0.29) is 0 Å². The first-order valence-corrected chi connectivity index (χ1v) is 19.7. The molecule has 11 rings (SSSR count). The second-order valence-electron chi connectivity index (χ2n) is 14.8. The predicted octanol–water partition coefficient (Wildman–Crippen LogP) is 15.9. The van der Waals surface area contributed by atoms with E-state index in [1.54, 1.807) is 0 Å². The highest BCUT2D eigenvalue weighted by atomic mass is 15.1. The maximum Gasteiger partial charge on any atom is 0.0462 e. The Balaban J connectivity index is 1.18. The van der Waals surface area contributed by atoms with Crippen molar-refractivity contribution < 1.29 is 0 Å². The van der Waals surface area contributed by atoms with Crippen LogP contribution in [0.3, 0.4) is 0 Å². The molecule has 0 saturated carbocycles. The lowest BCUT2D eigenvalue weighted by Crippen LogP contribution is -2.09. The summed E-state index contributed by atoms with van der Waals surface area (Å²) in [5.74, 6) is 0. The summed E-state index contributed by atoms with van der Waals surface area (Å²) in [6.45, 7) is 0. The fourth-order valence-corrected chi connectivity index (χ4v) is 9.12. The lowest BCUT2D eigenvalue weighted by atomic mass is 9.81. The van der Waals surface area contributed by atoms with Crippen molar-refractivity contribution in [2.24, 2.45) is 0 Å². The Morgan fingerprint density at radius 1 is 0.228 bits per heavy atom. The summed E-state index contributed by atoms with van der Waals surface area (Å²) in [7, 11) is 0. The summed E-state index contributed by atoms with van der Waals surface area (Å²) in [4.78, 5) is 2.33. The number of rotatable bonds is 6. The van der Waals surface area contributed by atoms with Gasteiger partial charge in [-0.3, -0.25) is 0 Å². The highest BCUT2D eigenvalue weighted by molar-refractivity contribution is 6.36. The summed E-state index contributed by atoms with van der Waals surface area (Å²) >= 11 is 0. The van der Waals surface area contributed by atoms with Crippen LogP contribution in [0.15, 0.2) is 224 Å². The third-order valence-electron chi connectivity index (χ3n) is 11.6. The van der Waals surface area contributed by atoms with Crippen molar-refractivity contribution in [2.75, 3.05) is 4.90 Å². The number of benzene rings is 11. The average molecular weight is 724 g/mol. The second-order valence-corrected chi connectivity index (χ2v) is 14.8. The molecule has 0 unspecified atom stereocenters. The quantitative estimate of drug-likeness (QED) is 0.122. The van der Waals surface area contributed by atoms with Crippen molar-refractivity contribution >= 4 is 70.9 Å². The zero-order valence-corrected chi connectivity index (χ0v) is 31.3. The fourth-order valence-electron chi connectivity index (χ4n) is 9.12. The van der Waals surface area contributed by atoms with E-state index in [0.29, 0.717) is 0 Å². The van der Waals surface area contributed by atoms with E-state index in [1.807, 2.05) is 0 Å². The van der Waals surface area contributed by atoms with Crippen LogP contribution in [0.5, 0.6) is 0 Å². The van der Waals surface area contributed by atoms with E-state index in [9.17, 15) is 0 Å². The van der Waals surface area contributed by atoms with E-state index < -0.39 is 0 Å². The van der Waals surface area contributed by atoms with E-state index in [1.165, 1.54) is 87.2 Å². The van der Waals surface area contributed by atoms with Gasteiger partial charge in [0.25, 0.3) is 0 Å². The van der Waals surface area contributed by atoms with E-state index in [0.717, 1.165) is 17.1 Å². The zero-order chi connectivity index (χ0) is 37.7. The van der Waals surface area contributed by atoms with Crippen LogP contribution in [0.4, 0.5) is 17.1 Å². The van der Waals surface area contributed by atoms with Gasteiger partial charge in [0.05, 0.1) is 0 Å². The number of nitrogens with zero attached hydrogens (tertiary/aromatic N) is 1. The van der Waals surface area contributed by atoms with Crippen LogP contribution in [-0.4, -0.2) is 0 Å². The molecule has 11 aromatic rings. The molecule has 1 heteroatoms. The number of hydrogen-bond acceptors (Lipinski definition) is 1. The van der Waals surface area contributed by atoms with Crippen molar-refractivity contribution in [3.05, 3.63) is 224 Å². The molecule has 0 radical (unpaired) electrons. The van der Waals surface area contributed by atoms with Gasteiger partial charge in [-0.1, -0.05) is 188 Å². The summed E-state index contributed by atoms with van der Waals surface area (Å²) in [5.41, 5.74) is 10.8. The third-order valence-corrected chi connectivity index (χ3v) is 11.6. The number of fused-ring (bicyclic) bond motifs is 8. The first-order chi connectivity index (χ1) is 28.3. The lowest BCUT2D eigenvalue weighted by molar-refractivity contribution is 1.28. The van der Waals surface area contributed by atoms with Crippen LogP contribution in [-0.2, 0) is 0 Å². The molecule has 57 heavy (non-hydrogen) atoms. The SMILES string of the molecule is c1ccc(N(c2ccccc2)c2ccc(-c3c4ccccc4c(-c4ccc(-c5cccc6ccccc56)cc4)c4c5ccccc5c5ccccc5c34)cc2)cc1. The lowest BCUT2D eigenvalue weighted by Gasteiger charge is -2.26. The molecule has 0 aliphatic heterocycles. The molecule has 0 aliphatic rings. The minimum atomic E-state index is 1.11. The van der Waals surface area contributed by atoms with Crippen LogP contribution in [0.1, 0.15) is 0 Å². The second kappa shape index (κ2) is 13.7. The van der Waals surface area contributed by atoms with Crippen molar-refractivity contribution in [2.45, 2.75) is 0 Å². The number of hydrogen-bond donors (Lipinski definition) is 0. The molecule has 0 fully saturated rings. The van der Waals surface area contributed by atoms with Crippen LogP contribution in [0.2, 0.25) is 0 Å². The van der Waals surface area contributed by atoms with Gasteiger partial charge >= 0.3 is 0 Å². The van der Waals surface area contributed by atoms with Crippen LogP contribution in [0, 0.1) is 0 Å². The van der Waals surface area contributed by atoms with Gasteiger partial charge in [0, 0.05) is 17.1 Å². The molecular weight excluding hydrogens is 687 g/mol. The monoisotopic (exact) mass is 723 g/mol. The smallest absolute Gasteiger partial charge is 0.0462 e. The van der Waals surface area contributed by atoms with Crippen molar-refractivity contribution in [1.82, 2.24) is 0 Å². The molecule has 0 aromatic heterocycles. The minimum Gasteiger partial charge on any atom is -0.311 e. The Labute approximate surface area is 332 Å². The van der Waals surface area contributed by atoms with Crippen LogP contribution < -0.4 is 4.90 Å². The maximum atomic E-state index is 2.33. The Hall–Kier alpha value is -7.48. The Bertz CT molecular complexity index is 3210. The molecule has 0 saturated heterocycles. The summed E-state index contributed by atoms with van der Waals surface area (Å²) in [6, 6.07) is 81.9. The van der Waals surface area contributed by atoms with Crippen molar-refractivity contribution in [3.63, 3.8) is 0 Å². The third kappa shape index (κ3) is 5.47. The Morgan fingerprint density at radius 2 is 0.596 bits per heavy atom. The molecule has 0 heterocycles. The molecule has 266 valence electrons. The Kier molecular flexibility index (Phi) is 7.89. The number of para-hydroxylation sites is 2. The van der Waals surface area contributed by atoms with E-state index >= 15 is 0 Å². The molecule has 11 aromatic carbocycles. The average Bonchev–Trinajstić information content (AvgIpc) is 3.29. The molecule has 0 spiro atoms. The van der Waals surface area contributed by atoms with Gasteiger partial charge in [-0.2, -0.15) is 0 Å². The molecule has 0 atom stereocenters. The van der Waals surface area contributed by atoms with Gasteiger partial charge in [0.1, 0.15) is 0 Å². The molecule has 0 bridgehead atoms. The van der Waals surface area contributed by atoms with Gasteiger partial charge in [-0.05, 0) is 124 Å². The topological polar surface area (TPSA) is 3.24 Å². The van der Waals surface area contributed by atoms with Gasteiger partial charge in [-0.15, -0.1) is 0 Å².